The molecule has 3 N–H and O–H groups in total. The first-order valence-electron chi connectivity index (χ1n) is 5.45. The summed E-state index contributed by atoms with van der Waals surface area (Å²) in [6, 6.07) is 3.01. The molecule has 1 aromatic rings. The van der Waals surface area contributed by atoms with Crippen LogP contribution in [-0.2, 0) is 0 Å². The van der Waals surface area contributed by atoms with E-state index in [1.165, 1.54) is 12.1 Å². The summed E-state index contributed by atoms with van der Waals surface area (Å²) in [6.07, 6.45) is 0.561. The minimum atomic E-state index is -0.974. The van der Waals surface area contributed by atoms with Crippen LogP contribution in [0, 0.1) is 6.92 Å². The summed E-state index contributed by atoms with van der Waals surface area (Å²) in [7, 11) is 0. The van der Waals surface area contributed by atoms with Crippen molar-refractivity contribution in [3.05, 3.63) is 23.4 Å². The number of anilines is 1. The zero-order valence-electron chi connectivity index (χ0n) is 10.3. The Morgan fingerprint density at radius 1 is 1.47 bits per heavy atom. The number of carbonyl (C=O) groups is 1. The highest BCUT2D eigenvalue weighted by Gasteiger charge is 2.18. The molecule has 0 radical (unpaired) electrons. The van der Waals surface area contributed by atoms with Crippen LogP contribution < -0.4 is 5.32 Å². The lowest BCUT2D eigenvalue weighted by atomic mass is 10.0. The van der Waals surface area contributed by atoms with Crippen molar-refractivity contribution in [1.29, 1.82) is 0 Å². The molecule has 1 aromatic heterocycles. The molecule has 0 unspecified atom stereocenters. The number of carboxylic acids is 1. The second-order valence-electron chi connectivity index (χ2n) is 4.67. The van der Waals surface area contributed by atoms with Gasteiger partial charge in [-0.3, -0.25) is 0 Å². The van der Waals surface area contributed by atoms with Crippen LogP contribution in [0.15, 0.2) is 12.1 Å². The molecule has 1 heterocycles. The van der Waals surface area contributed by atoms with Gasteiger partial charge in [-0.1, -0.05) is 0 Å². The van der Waals surface area contributed by atoms with E-state index in [1.807, 2.05) is 13.8 Å². The average molecular weight is 238 g/mol. The molecule has 0 aliphatic carbocycles. The van der Waals surface area contributed by atoms with Crippen LogP contribution in [0.1, 0.15) is 36.3 Å². The number of aryl methyl sites for hydroxylation is 1. The molecule has 5 nitrogen and oxygen atoms in total. The van der Waals surface area contributed by atoms with Gasteiger partial charge in [0.05, 0.1) is 5.56 Å². The number of carboxylic acid groups (broad SMARTS) is 1. The predicted molar refractivity (Wildman–Crippen MR) is 65.3 cm³/mol. The largest absolute Gasteiger partial charge is 0.478 e. The van der Waals surface area contributed by atoms with Gasteiger partial charge in [0.2, 0.25) is 0 Å². The molecule has 17 heavy (non-hydrogen) atoms. The second kappa shape index (κ2) is 5.14. The van der Waals surface area contributed by atoms with Gasteiger partial charge in [0, 0.05) is 17.8 Å². The first-order chi connectivity index (χ1) is 7.84. The molecule has 0 aliphatic heterocycles. The molecule has 0 saturated heterocycles. The Balaban J connectivity index is 2.95. The highest BCUT2D eigenvalue weighted by molar-refractivity contribution is 5.88. The molecule has 0 bridgehead atoms. The molecule has 5 heteroatoms. The summed E-state index contributed by atoms with van der Waals surface area (Å²) >= 11 is 0. The second-order valence-corrected chi connectivity index (χ2v) is 4.67. The number of nitrogens with one attached hydrogen (secondary N) is 1. The molecule has 0 spiro atoms. The monoisotopic (exact) mass is 238 g/mol. The number of aromatic carboxylic acids is 1. The fraction of sp³-hybridized carbons (Fsp3) is 0.500. The fourth-order valence-electron chi connectivity index (χ4n) is 1.54. The van der Waals surface area contributed by atoms with Crippen molar-refractivity contribution in [2.24, 2.45) is 0 Å². The van der Waals surface area contributed by atoms with Crippen molar-refractivity contribution in [3.63, 3.8) is 0 Å². The minimum Gasteiger partial charge on any atom is -0.478 e. The van der Waals surface area contributed by atoms with Crippen LogP contribution in [0.2, 0.25) is 0 Å². The van der Waals surface area contributed by atoms with Gasteiger partial charge < -0.3 is 15.5 Å². The minimum absolute atomic E-state index is 0.0671. The van der Waals surface area contributed by atoms with Crippen LogP contribution in [0.3, 0.4) is 0 Å². The van der Waals surface area contributed by atoms with Crippen molar-refractivity contribution >= 4 is 11.8 Å². The van der Waals surface area contributed by atoms with Gasteiger partial charge in [0.15, 0.2) is 0 Å². The van der Waals surface area contributed by atoms with E-state index in [2.05, 4.69) is 10.3 Å². The molecular weight excluding hydrogens is 220 g/mol. The zero-order valence-corrected chi connectivity index (χ0v) is 10.3. The third kappa shape index (κ3) is 4.03. The van der Waals surface area contributed by atoms with Crippen molar-refractivity contribution in [1.82, 2.24) is 4.98 Å². The van der Waals surface area contributed by atoms with E-state index in [0.717, 1.165) is 0 Å². The smallest absolute Gasteiger partial charge is 0.335 e. The fourth-order valence-corrected chi connectivity index (χ4v) is 1.54. The number of rotatable bonds is 5. The summed E-state index contributed by atoms with van der Waals surface area (Å²) in [4.78, 5) is 15.1. The SMILES string of the molecule is Cc1cc(C(=O)O)cc(NC(C)(C)CCO)n1. The van der Waals surface area contributed by atoms with Gasteiger partial charge in [-0.15, -0.1) is 0 Å². The number of aliphatic hydroxyl groups is 1. The normalized spacial score (nSPS) is 11.3. The summed E-state index contributed by atoms with van der Waals surface area (Å²) in [6.45, 7) is 5.66. The maximum absolute atomic E-state index is 10.9. The maximum atomic E-state index is 10.9. The molecule has 94 valence electrons. The Kier molecular flexibility index (Phi) is 4.07. The van der Waals surface area contributed by atoms with Crippen molar-refractivity contribution in [2.75, 3.05) is 11.9 Å². The third-order valence-electron chi connectivity index (χ3n) is 2.40. The molecular formula is C12H18N2O3. The standard InChI is InChI=1S/C12H18N2O3/c1-8-6-9(11(16)17)7-10(13-8)14-12(2,3)4-5-15/h6-7,15H,4-5H2,1-3H3,(H,13,14)(H,16,17). The van der Waals surface area contributed by atoms with Crippen LogP contribution in [-0.4, -0.2) is 33.3 Å². The number of aromatic nitrogens is 1. The van der Waals surface area contributed by atoms with E-state index in [1.54, 1.807) is 6.92 Å². The summed E-state index contributed by atoms with van der Waals surface area (Å²) in [5, 5.41) is 21.0. The molecule has 0 fully saturated rings. The Morgan fingerprint density at radius 2 is 2.12 bits per heavy atom. The Bertz CT molecular complexity index is 416. The molecule has 0 aliphatic rings. The first kappa shape index (κ1) is 13.4. The van der Waals surface area contributed by atoms with E-state index < -0.39 is 5.97 Å². The van der Waals surface area contributed by atoms with Gasteiger partial charge >= 0.3 is 5.97 Å². The number of aliphatic hydroxyl groups excluding tert-OH is 1. The van der Waals surface area contributed by atoms with Gasteiger partial charge in [-0.05, 0) is 39.3 Å². The Labute approximate surface area is 101 Å². The summed E-state index contributed by atoms with van der Waals surface area (Å²) < 4.78 is 0. The lowest BCUT2D eigenvalue weighted by Crippen LogP contribution is -2.32. The van der Waals surface area contributed by atoms with Gasteiger partial charge in [0.1, 0.15) is 5.82 Å². The van der Waals surface area contributed by atoms with Gasteiger partial charge in [-0.2, -0.15) is 0 Å². The van der Waals surface area contributed by atoms with Crippen molar-refractivity contribution in [2.45, 2.75) is 32.7 Å². The summed E-state index contributed by atoms with van der Waals surface area (Å²) in [5.74, 6) is -0.459. The topological polar surface area (TPSA) is 82.5 Å². The van der Waals surface area contributed by atoms with E-state index >= 15 is 0 Å². The molecule has 1 rings (SSSR count). The van der Waals surface area contributed by atoms with Crippen LogP contribution in [0.4, 0.5) is 5.82 Å². The number of hydrogen-bond acceptors (Lipinski definition) is 4. The first-order valence-corrected chi connectivity index (χ1v) is 5.45. The van der Waals surface area contributed by atoms with E-state index in [0.29, 0.717) is 17.9 Å². The Morgan fingerprint density at radius 3 is 2.65 bits per heavy atom. The van der Waals surface area contributed by atoms with Crippen LogP contribution in [0.5, 0.6) is 0 Å². The van der Waals surface area contributed by atoms with E-state index in [4.69, 9.17) is 10.2 Å². The molecule has 0 amide bonds. The molecule has 0 atom stereocenters. The lowest BCUT2D eigenvalue weighted by molar-refractivity contribution is 0.0696. The van der Waals surface area contributed by atoms with E-state index in [-0.39, 0.29) is 17.7 Å². The Hall–Kier alpha value is -1.62. The van der Waals surface area contributed by atoms with Crippen LogP contribution >= 0.6 is 0 Å². The molecule has 0 saturated carbocycles. The zero-order chi connectivity index (χ0) is 13.1. The number of nitrogens with zero attached hydrogens (tertiary/aromatic N) is 1. The van der Waals surface area contributed by atoms with Gasteiger partial charge in [-0.25, -0.2) is 9.78 Å². The number of pyridine rings is 1. The highest BCUT2D eigenvalue weighted by Crippen LogP contribution is 2.18. The number of hydrogen-bond donors (Lipinski definition) is 3. The predicted octanol–water partition coefficient (Wildman–Crippen LogP) is 1.66. The van der Waals surface area contributed by atoms with Crippen molar-refractivity contribution < 1.29 is 15.0 Å². The quantitative estimate of drug-likeness (QED) is 0.726. The maximum Gasteiger partial charge on any atom is 0.335 e. The van der Waals surface area contributed by atoms with Crippen LogP contribution in [0.25, 0.3) is 0 Å². The molecule has 0 aromatic carbocycles. The van der Waals surface area contributed by atoms with E-state index in [9.17, 15) is 4.79 Å². The van der Waals surface area contributed by atoms with Gasteiger partial charge in [0.25, 0.3) is 0 Å². The third-order valence-corrected chi connectivity index (χ3v) is 2.40. The highest BCUT2D eigenvalue weighted by atomic mass is 16.4. The summed E-state index contributed by atoms with van der Waals surface area (Å²) in [5.41, 5.74) is 0.526. The average Bonchev–Trinajstić information content (AvgIpc) is 2.15. The van der Waals surface area contributed by atoms with Crippen molar-refractivity contribution in [3.8, 4) is 0 Å². The lowest BCUT2D eigenvalue weighted by Gasteiger charge is -2.26.